The molecule has 1 amide bonds. The fourth-order valence-electron chi connectivity index (χ4n) is 1.80. The van der Waals surface area contributed by atoms with Gasteiger partial charge in [0.15, 0.2) is 0 Å². The van der Waals surface area contributed by atoms with Crippen LogP contribution in [-0.2, 0) is 0 Å². The van der Waals surface area contributed by atoms with Gasteiger partial charge in [0.2, 0.25) is 0 Å². The lowest BCUT2D eigenvalue weighted by atomic mass is 10.1. The molecule has 1 aliphatic heterocycles. The summed E-state index contributed by atoms with van der Waals surface area (Å²) in [7, 11) is 0. The van der Waals surface area contributed by atoms with Crippen molar-refractivity contribution in [2.75, 3.05) is 11.5 Å². The number of carbonyl (C=O) groups is 1. The summed E-state index contributed by atoms with van der Waals surface area (Å²) in [5.74, 6) is 2.22. The Hall–Kier alpha value is -0.190. The Morgan fingerprint density at radius 1 is 1.35 bits per heavy atom. The zero-order chi connectivity index (χ0) is 12.3. The van der Waals surface area contributed by atoms with Crippen LogP contribution >= 0.6 is 39.3 Å². The van der Waals surface area contributed by atoms with Gasteiger partial charge in [-0.3, -0.25) is 4.79 Å². The lowest BCUT2D eigenvalue weighted by molar-refractivity contribution is 0.0935. The first kappa shape index (κ1) is 13.2. The molecule has 5 heteroatoms. The lowest BCUT2D eigenvalue weighted by Crippen LogP contribution is -2.37. The van der Waals surface area contributed by atoms with Crippen LogP contribution in [0.3, 0.4) is 0 Å². The summed E-state index contributed by atoms with van der Waals surface area (Å²) in [4.78, 5) is 12.0. The zero-order valence-electron chi connectivity index (χ0n) is 9.21. The van der Waals surface area contributed by atoms with E-state index in [0.717, 1.165) is 28.8 Å². The average Bonchev–Trinajstić information content (AvgIpc) is 2.29. The van der Waals surface area contributed by atoms with E-state index >= 15 is 0 Å². The third-order valence-electron chi connectivity index (χ3n) is 2.68. The smallest absolute Gasteiger partial charge is 0.251 e. The third-order valence-corrected chi connectivity index (χ3v) is 4.41. The first-order chi connectivity index (χ1) is 8.15. The molecule has 1 aromatic carbocycles. The van der Waals surface area contributed by atoms with Crippen molar-refractivity contribution >= 4 is 45.2 Å². The molecular weight excluding hydrogens is 322 g/mol. The number of thioether (sulfide) groups is 1. The minimum absolute atomic E-state index is 0.0369. The standard InChI is InChI=1S/C12H13BrClNOS/c13-9-5-8(6-10(14)7-9)12(16)15-11-1-3-17-4-2-11/h5-7,11H,1-4H2,(H,15,16). The minimum Gasteiger partial charge on any atom is -0.349 e. The van der Waals surface area contributed by atoms with E-state index in [-0.39, 0.29) is 5.91 Å². The van der Waals surface area contributed by atoms with Crippen LogP contribution in [-0.4, -0.2) is 23.5 Å². The van der Waals surface area contributed by atoms with E-state index in [1.807, 2.05) is 11.8 Å². The molecule has 1 aliphatic rings. The molecular formula is C12H13BrClNOS. The fraction of sp³-hybridized carbons (Fsp3) is 0.417. The maximum absolute atomic E-state index is 12.0. The van der Waals surface area contributed by atoms with Crippen molar-refractivity contribution in [3.05, 3.63) is 33.3 Å². The number of hydrogen-bond donors (Lipinski definition) is 1. The second-order valence-corrected chi connectivity index (χ2v) is 6.60. The van der Waals surface area contributed by atoms with E-state index in [2.05, 4.69) is 21.2 Å². The molecule has 1 heterocycles. The molecule has 0 spiro atoms. The van der Waals surface area contributed by atoms with E-state index in [0.29, 0.717) is 16.6 Å². The van der Waals surface area contributed by atoms with Crippen molar-refractivity contribution in [2.24, 2.45) is 0 Å². The number of nitrogens with one attached hydrogen (secondary N) is 1. The van der Waals surface area contributed by atoms with Crippen molar-refractivity contribution in [2.45, 2.75) is 18.9 Å². The summed E-state index contributed by atoms with van der Waals surface area (Å²) < 4.78 is 0.828. The monoisotopic (exact) mass is 333 g/mol. The van der Waals surface area contributed by atoms with Gasteiger partial charge in [-0.25, -0.2) is 0 Å². The van der Waals surface area contributed by atoms with Gasteiger partial charge in [-0.1, -0.05) is 27.5 Å². The van der Waals surface area contributed by atoms with E-state index in [1.54, 1.807) is 18.2 Å². The Kier molecular flexibility index (Phi) is 4.77. The predicted octanol–water partition coefficient (Wildman–Crippen LogP) is 3.73. The number of hydrogen-bond acceptors (Lipinski definition) is 2. The normalized spacial score (nSPS) is 16.8. The summed E-state index contributed by atoms with van der Waals surface area (Å²) in [6.07, 6.45) is 2.11. The molecule has 1 aromatic rings. The number of amides is 1. The van der Waals surface area contributed by atoms with Gasteiger partial charge in [-0.15, -0.1) is 0 Å². The Balaban J connectivity index is 2.03. The van der Waals surface area contributed by atoms with Crippen LogP contribution in [0, 0.1) is 0 Å². The molecule has 0 radical (unpaired) electrons. The molecule has 0 unspecified atom stereocenters. The summed E-state index contributed by atoms with van der Waals surface area (Å²) in [5.41, 5.74) is 0.614. The van der Waals surface area contributed by atoms with Crippen molar-refractivity contribution < 1.29 is 4.79 Å². The maximum atomic E-state index is 12.0. The molecule has 1 fully saturated rings. The van der Waals surface area contributed by atoms with Gasteiger partial charge in [-0.05, 0) is 42.5 Å². The van der Waals surface area contributed by atoms with E-state index in [4.69, 9.17) is 11.6 Å². The highest BCUT2D eigenvalue weighted by molar-refractivity contribution is 9.10. The largest absolute Gasteiger partial charge is 0.349 e. The Bertz CT molecular complexity index is 401. The van der Waals surface area contributed by atoms with Crippen LogP contribution in [0.4, 0.5) is 0 Å². The van der Waals surface area contributed by atoms with Crippen LogP contribution < -0.4 is 5.32 Å². The van der Waals surface area contributed by atoms with Crippen LogP contribution in [0.1, 0.15) is 23.2 Å². The average molecular weight is 335 g/mol. The van der Waals surface area contributed by atoms with E-state index < -0.39 is 0 Å². The van der Waals surface area contributed by atoms with Crippen LogP contribution in [0.5, 0.6) is 0 Å². The lowest BCUT2D eigenvalue weighted by Gasteiger charge is -2.22. The fourth-order valence-corrected chi connectivity index (χ4v) is 3.76. The van der Waals surface area contributed by atoms with Crippen LogP contribution in [0.25, 0.3) is 0 Å². The maximum Gasteiger partial charge on any atom is 0.251 e. The SMILES string of the molecule is O=C(NC1CCSCC1)c1cc(Cl)cc(Br)c1. The van der Waals surface area contributed by atoms with Gasteiger partial charge in [0.1, 0.15) is 0 Å². The van der Waals surface area contributed by atoms with Gasteiger partial charge in [0, 0.05) is 21.1 Å². The Labute approximate surface area is 119 Å². The summed E-state index contributed by atoms with van der Waals surface area (Å²) in [6.45, 7) is 0. The first-order valence-electron chi connectivity index (χ1n) is 5.50. The van der Waals surface area contributed by atoms with Crippen molar-refractivity contribution in [3.8, 4) is 0 Å². The molecule has 2 nitrogen and oxygen atoms in total. The topological polar surface area (TPSA) is 29.1 Å². The quantitative estimate of drug-likeness (QED) is 0.893. The van der Waals surface area contributed by atoms with Gasteiger partial charge in [0.05, 0.1) is 0 Å². The van der Waals surface area contributed by atoms with Crippen LogP contribution in [0.2, 0.25) is 5.02 Å². The van der Waals surface area contributed by atoms with Gasteiger partial charge >= 0.3 is 0 Å². The molecule has 2 rings (SSSR count). The Morgan fingerprint density at radius 2 is 2.06 bits per heavy atom. The molecule has 0 saturated carbocycles. The number of benzene rings is 1. The van der Waals surface area contributed by atoms with Crippen molar-refractivity contribution in [3.63, 3.8) is 0 Å². The zero-order valence-corrected chi connectivity index (χ0v) is 12.4. The molecule has 92 valence electrons. The van der Waals surface area contributed by atoms with Gasteiger partial charge in [0.25, 0.3) is 5.91 Å². The summed E-state index contributed by atoms with van der Waals surface area (Å²) >= 11 is 11.2. The number of halogens is 2. The van der Waals surface area contributed by atoms with Crippen LogP contribution in [0.15, 0.2) is 22.7 Å². The molecule has 1 saturated heterocycles. The van der Waals surface area contributed by atoms with Crippen molar-refractivity contribution in [1.29, 1.82) is 0 Å². The number of carbonyl (C=O) groups excluding carboxylic acids is 1. The van der Waals surface area contributed by atoms with Gasteiger partial charge < -0.3 is 5.32 Å². The third kappa shape index (κ3) is 3.90. The molecule has 0 atom stereocenters. The van der Waals surface area contributed by atoms with Crippen molar-refractivity contribution in [1.82, 2.24) is 5.32 Å². The molecule has 0 bridgehead atoms. The highest BCUT2D eigenvalue weighted by Crippen LogP contribution is 2.21. The highest BCUT2D eigenvalue weighted by Gasteiger charge is 2.17. The highest BCUT2D eigenvalue weighted by atomic mass is 79.9. The summed E-state index contributed by atoms with van der Waals surface area (Å²) in [5, 5.41) is 3.63. The second kappa shape index (κ2) is 6.12. The van der Waals surface area contributed by atoms with E-state index in [9.17, 15) is 4.79 Å². The predicted molar refractivity (Wildman–Crippen MR) is 77.0 cm³/mol. The van der Waals surface area contributed by atoms with E-state index in [1.165, 1.54) is 0 Å². The molecule has 17 heavy (non-hydrogen) atoms. The Morgan fingerprint density at radius 3 is 2.71 bits per heavy atom. The summed E-state index contributed by atoms with van der Waals surface area (Å²) in [6, 6.07) is 5.56. The molecule has 0 aliphatic carbocycles. The minimum atomic E-state index is -0.0369. The first-order valence-corrected chi connectivity index (χ1v) is 7.82. The second-order valence-electron chi connectivity index (χ2n) is 4.02. The van der Waals surface area contributed by atoms with Gasteiger partial charge in [-0.2, -0.15) is 11.8 Å². The number of rotatable bonds is 2. The molecule has 0 aromatic heterocycles. The molecule has 1 N–H and O–H groups in total.